The van der Waals surface area contributed by atoms with E-state index in [4.69, 9.17) is 25.8 Å². The Kier molecular flexibility index (Phi) is 4.82. The van der Waals surface area contributed by atoms with Crippen molar-refractivity contribution in [2.45, 2.75) is 13.8 Å². The highest BCUT2D eigenvalue weighted by atomic mass is 35.5. The third-order valence-electron chi connectivity index (χ3n) is 4.16. The van der Waals surface area contributed by atoms with Crippen LogP contribution in [0.5, 0.6) is 11.5 Å². The van der Waals surface area contributed by atoms with Gasteiger partial charge in [-0.1, -0.05) is 17.7 Å². The van der Waals surface area contributed by atoms with Gasteiger partial charge >= 0.3 is 5.97 Å². The van der Waals surface area contributed by atoms with Crippen molar-refractivity contribution in [1.29, 1.82) is 0 Å². The number of aryl methyl sites for hydroxylation is 1. The van der Waals surface area contributed by atoms with Crippen molar-refractivity contribution >= 4 is 51.3 Å². The van der Waals surface area contributed by atoms with Crippen LogP contribution in [-0.2, 0) is 4.74 Å². The van der Waals surface area contributed by atoms with Crippen molar-refractivity contribution < 1.29 is 19.0 Å². The van der Waals surface area contributed by atoms with Crippen LogP contribution in [0, 0.1) is 6.92 Å². The highest BCUT2D eigenvalue weighted by Gasteiger charge is 2.20. The molecular formula is C19H15ClN2O5S. The molecule has 0 unspecified atom stereocenters. The molecule has 7 nitrogen and oxygen atoms in total. The molecule has 1 N–H and O–H groups in total. The number of ether oxygens (including phenoxy) is 3. The first-order valence-corrected chi connectivity index (χ1v) is 9.65. The van der Waals surface area contributed by atoms with Gasteiger partial charge in [0.05, 0.1) is 17.0 Å². The fourth-order valence-electron chi connectivity index (χ4n) is 2.89. The van der Waals surface area contributed by atoms with Crippen molar-refractivity contribution in [1.82, 2.24) is 9.97 Å². The molecule has 0 radical (unpaired) electrons. The highest BCUT2D eigenvalue weighted by molar-refractivity contribution is 7.20. The van der Waals surface area contributed by atoms with Crippen molar-refractivity contribution in [2.24, 2.45) is 0 Å². The number of aromatic amines is 1. The van der Waals surface area contributed by atoms with Crippen LogP contribution in [0.25, 0.3) is 22.4 Å². The fourth-order valence-corrected chi connectivity index (χ4v) is 4.25. The number of rotatable bonds is 4. The number of nitrogens with zero attached hydrogens (tertiary/aromatic N) is 1. The first-order chi connectivity index (χ1) is 13.5. The normalized spacial score (nSPS) is 12.8. The number of benzene rings is 1. The van der Waals surface area contributed by atoms with E-state index in [0.717, 1.165) is 16.9 Å². The first-order valence-electron chi connectivity index (χ1n) is 8.45. The third-order valence-corrected chi connectivity index (χ3v) is 5.61. The van der Waals surface area contributed by atoms with Gasteiger partial charge in [-0.15, -0.1) is 11.3 Å². The predicted molar refractivity (Wildman–Crippen MR) is 107 cm³/mol. The smallest absolute Gasteiger partial charge is 0.348 e. The van der Waals surface area contributed by atoms with Crippen LogP contribution in [0.1, 0.15) is 33.5 Å². The molecule has 0 aliphatic carbocycles. The van der Waals surface area contributed by atoms with Gasteiger partial charge in [0.1, 0.15) is 15.5 Å². The number of halogens is 1. The number of esters is 1. The maximum Gasteiger partial charge on any atom is 0.348 e. The van der Waals surface area contributed by atoms with Crippen LogP contribution in [0.4, 0.5) is 0 Å². The molecule has 0 spiro atoms. The molecule has 28 heavy (non-hydrogen) atoms. The Morgan fingerprint density at radius 1 is 1.39 bits per heavy atom. The minimum absolute atomic E-state index is 0.133. The Morgan fingerprint density at radius 2 is 2.21 bits per heavy atom. The number of carbonyl (C=O) groups excluding carboxylic acids is 1. The second-order valence-electron chi connectivity index (χ2n) is 5.98. The average molecular weight is 419 g/mol. The fraction of sp³-hybridized carbons (Fsp3) is 0.211. The third kappa shape index (κ3) is 3.25. The molecule has 1 aliphatic heterocycles. The first kappa shape index (κ1) is 18.5. The number of carbonyl (C=O) groups is 1. The second kappa shape index (κ2) is 7.29. The van der Waals surface area contributed by atoms with Gasteiger partial charge in [-0.2, -0.15) is 0 Å². The van der Waals surface area contributed by atoms with Gasteiger partial charge in [-0.3, -0.25) is 4.79 Å². The summed E-state index contributed by atoms with van der Waals surface area (Å²) in [5.41, 5.74) is 1.04. The van der Waals surface area contributed by atoms with Crippen LogP contribution >= 0.6 is 22.9 Å². The highest BCUT2D eigenvalue weighted by Crippen LogP contribution is 2.40. The summed E-state index contributed by atoms with van der Waals surface area (Å²) >= 11 is 7.32. The van der Waals surface area contributed by atoms with Crippen LogP contribution in [0.2, 0.25) is 5.02 Å². The van der Waals surface area contributed by atoms with E-state index in [1.165, 1.54) is 0 Å². The summed E-state index contributed by atoms with van der Waals surface area (Å²) in [4.78, 5) is 32.6. The van der Waals surface area contributed by atoms with Gasteiger partial charge in [-0.05, 0) is 43.2 Å². The van der Waals surface area contributed by atoms with Crippen molar-refractivity contribution in [3.8, 4) is 11.5 Å². The number of nitrogens with one attached hydrogen (secondary N) is 1. The van der Waals surface area contributed by atoms with Gasteiger partial charge in [-0.25, -0.2) is 9.78 Å². The van der Waals surface area contributed by atoms with E-state index in [9.17, 15) is 9.59 Å². The van der Waals surface area contributed by atoms with Crippen molar-refractivity contribution in [2.75, 3.05) is 13.4 Å². The van der Waals surface area contributed by atoms with Crippen LogP contribution in [0.3, 0.4) is 0 Å². The summed E-state index contributed by atoms with van der Waals surface area (Å²) in [6.07, 6.45) is 3.42. The number of H-pyrrole nitrogens is 1. The maximum atomic E-state index is 12.5. The zero-order valence-electron chi connectivity index (χ0n) is 15.0. The summed E-state index contributed by atoms with van der Waals surface area (Å²) in [7, 11) is 0. The SMILES string of the molecule is CCOC(=O)c1sc2nc(/C=C/c3cc(Cl)c4c(c3)OCO4)[nH]c(=O)c2c1C. The molecule has 2 aromatic heterocycles. The van der Waals surface area contributed by atoms with Crippen molar-refractivity contribution in [3.05, 3.63) is 49.3 Å². The molecule has 9 heteroatoms. The Labute approximate surface area is 168 Å². The molecular weight excluding hydrogens is 404 g/mol. The molecule has 0 fully saturated rings. The van der Waals surface area contributed by atoms with E-state index in [2.05, 4.69) is 9.97 Å². The average Bonchev–Trinajstić information content (AvgIpc) is 3.25. The van der Waals surface area contributed by atoms with E-state index in [0.29, 0.717) is 43.0 Å². The second-order valence-corrected chi connectivity index (χ2v) is 7.38. The van der Waals surface area contributed by atoms with Gasteiger partial charge in [0.25, 0.3) is 5.56 Å². The molecule has 0 saturated carbocycles. The van der Waals surface area contributed by atoms with E-state index < -0.39 is 5.97 Å². The molecule has 1 aliphatic rings. The summed E-state index contributed by atoms with van der Waals surface area (Å²) < 4.78 is 15.7. The summed E-state index contributed by atoms with van der Waals surface area (Å²) in [5, 5.41) is 0.843. The minimum Gasteiger partial charge on any atom is -0.462 e. The van der Waals surface area contributed by atoms with Crippen LogP contribution in [-0.4, -0.2) is 29.3 Å². The molecule has 0 amide bonds. The summed E-state index contributed by atoms with van der Waals surface area (Å²) in [6.45, 7) is 3.85. The number of aromatic nitrogens is 2. The molecule has 0 atom stereocenters. The standard InChI is InChI=1S/C19H15ClN2O5S/c1-3-25-19(24)16-9(2)14-17(23)21-13(22-18(14)28-16)5-4-10-6-11(20)15-12(7-10)26-8-27-15/h4-7H,3,8H2,1-2H3,(H,21,22,23)/b5-4+. The Bertz CT molecular complexity index is 1180. The molecule has 3 heterocycles. The molecule has 1 aromatic carbocycles. The quantitative estimate of drug-likeness (QED) is 0.643. The number of thiophene rings is 1. The zero-order chi connectivity index (χ0) is 19.8. The molecule has 3 aromatic rings. The Hall–Kier alpha value is -2.84. The number of fused-ring (bicyclic) bond motifs is 2. The van der Waals surface area contributed by atoms with E-state index in [-0.39, 0.29) is 19.0 Å². The molecule has 0 saturated heterocycles. The van der Waals surface area contributed by atoms with Gasteiger partial charge < -0.3 is 19.2 Å². The topological polar surface area (TPSA) is 90.5 Å². The van der Waals surface area contributed by atoms with Gasteiger partial charge in [0, 0.05) is 0 Å². The zero-order valence-corrected chi connectivity index (χ0v) is 16.6. The lowest BCUT2D eigenvalue weighted by Crippen LogP contribution is -2.10. The van der Waals surface area contributed by atoms with Crippen LogP contribution in [0.15, 0.2) is 16.9 Å². The monoisotopic (exact) mass is 418 g/mol. The van der Waals surface area contributed by atoms with Gasteiger partial charge in [0.2, 0.25) is 6.79 Å². The lowest BCUT2D eigenvalue weighted by Gasteiger charge is -2.01. The number of hydrogen-bond acceptors (Lipinski definition) is 7. The summed E-state index contributed by atoms with van der Waals surface area (Å²) in [5.74, 6) is 1.00. The Morgan fingerprint density at radius 3 is 3.00 bits per heavy atom. The lowest BCUT2D eigenvalue weighted by atomic mass is 10.2. The van der Waals surface area contributed by atoms with E-state index >= 15 is 0 Å². The van der Waals surface area contributed by atoms with E-state index in [1.807, 2.05) is 0 Å². The van der Waals surface area contributed by atoms with Crippen LogP contribution < -0.4 is 15.0 Å². The Balaban J connectivity index is 1.70. The molecule has 144 valence electrons. The van der Waals surface area contributed by atoms with Gasteiger partial charge in [0.15, 0.2) is 11.5 Å². The molecule has 0 bridgehead atoms. The number of hydrogen-bond donors (Lipinski definition) is 1. The largest absolute Gasteiger partial charge is 0.462 e. The maximum absolute atomic E-state index is 12.5. The van der Waals surface area contributed by atoms with Crippen molar-refractivity contribution in [3.63, 3.8) is 0 Å². The van der Waals surface area contributed by atoms with E-state index in [1.54, 1.807) is 38.1 Å². The molecule has 4 rings (SSSR count). The lowest BCUT2D eigenvalue weighted by molar-refractivity contribution is 0.0531. The summed E-state index contributed by atoms with van der Waals surface area (Å²) in [6, 6.07) is 3.52. The predicted octanol–water partition coefficient (Wildman–Crippen LogP) is 4.02. The minimum atomic E-state index is -0.450.